The van der Waals surface area contributed by atoms with Gasteiger partial charge in [-0.1, -0.05) is 12.1 Å². The van der Waals surface area contributed by atoms with Gasteiger partial charge in [0.15, 0.2) is 0 Å². The van der Waals surface area contributed by atoms with Gasteiger partial charge in [0.05, 0.1) is 17.1 Å². The number of hydrogen-bond acceptors (Lipinski definition) is 2. The largest absolute Gasteiger partial charge is 0.340 e. The fourth-order valence-electron chi connectivity index (χ4n) is 2.03. The molecular weight excluding hydrogens is 240 g/mol. The normalized spacial score (nSPS) is 12.4. The minimum Gasteiger partial charge on any atom is -0.340 e. The Kier molecular flexibility index (Phi) is 4.04. The first-order valence-electron chi connectivity index (χ1n) is 6.65. The molecule has 0 saturated heterocycles. The summed E-state index contributed by atoms with van der Waals surface area (Å²) in [6, 6.07) is 7.65. The lowest BCUT2D eigenvalue weighted by atomic mass is 10.3. The molecule has 0 bridgehead atoms. The van der Waals surface area contributed by atoms with Crippen LogP contribution in [0.2, 0.25) is 0 Å². The van der Waals surface area contributed by atoms with Gasteiger partial charge in [-0.2, -0.15) is 0 Å². The number of para-hydroxylation sites is 2. The highest BCUT2D eigenvalue weighted by atomic mass is 16.2. The first kappa shape index (κ1) is 13.4. The smallest absolute Gasteiger partial charge is 0.317 e. The van der Waals surface area contributed by atoms with E-state index < -0.39 is 0 Å². The maximum absolute atomic E-state index is 12.0. The summed E-state index contributed by atoms with van der Waals surface area (Å²) in [5.74, 6) is 0.779. The van der Waals surface area contributed by atoms with Crippen molar-refractivity contribution in [3.63, 3.8) is 0 Å². The summed E-state index contributed by atoms with van der Waals surface area (Å²) in [5, 5.41) is 2.95. The van der Waals surface area contributed by atoms with Crippen molar-refractivity contribution in [1.82, 2.24) is 20.2 Å². The summed E-state index contributed by atoms with van der Waals surface area (Å²) in [6.45, 7) is 7.27. The molecule has 2 amide bonds. The Balaban J connectivity index is 2.11. The number of carbonyl (C=O) groups is 1. The molecule has 2 rings (SSSR count). The van der Waals surface area contributed by atoms with E-state index in [1.807, 2.05) is 45.0 Å². The highest BCUT2D eigenvalue weighted by Crippen LogP contribution is 2.15. The molecule has 19 heavy (non-hydrogen) atoms. The molecule has 1 unspecified atom stereocenters. The number of carbonyl (C=O) groups excluding carboxylic acids is 1. The Bertz CT molecular complexity index is 526. The van der Waals surface area contributed by atoms with Crippen LogP contribution >= 0.6 is 0 Å². The molecule has 0 fully saturated rings. The fraction of sp³-hybridized carbons (Fsp3) is 0.429. The van der Waals surface area contributed by atoms with Crippen molar-refractivity contribution in [1.29, 1.82) is 0 Å². The third-order valence-electron chi connectivity index (χ3n) is 3.21. The number of aromatic nitrogens is 2. The Morgan fingerprint density at radius 2 is 2.05 bits per heavy atom. The van der Waals surface area contributed by atoms with Gasteiger partial charge in [0.1, 0.15) is 5.82 Å². The molecule has 0 saturated carbocycles. The van der Waals surface area contributed by atoms with Crippen molar-refractivity contribution in [3.8, 4) is 0 Å². The van der Waals surface area contributed by atoms with Crippen molar-refractivity contribution in [2.75, 3.05) is 13.1 Å². The maximum Gasteiger partial charge on any atom is 0.317 e. The van der Waals surface area contributed by atoms with E-state index in [1.54, 1.807) is 4.90 Å². The van der Waals surface area contributed by atoms with Crippen molar-refractivity contribution >= 4 is 17.1 Å². The molecule has 2 N–H and O–H groups in total. The number of nitrogens with one attached hydrogen (secondary N) is 2. The van der Waals surface area contributed by atoms with Crippen LogP contribution in [0.4, 0.5) is 4.79 Å². The monoisotopic (exact) mass is 260 g/mol. The SMILES string of the molecule is CCN(CC)C(=O)NC(C)c1nc2ccccc2[nH]1. The van der Waals surface area contributed by atoms with Crippen LogP contribution in [0.3, 0.4) is 0 Å². The third kappa shape index (κ3) is 2.86. The Labute approximate surface area is 113 Å². The molecule has 5 nitrogen and oxygen atoms in total. The second-order valence-electron chi connectivity index (χ2n) is 4.48. The number of rotatable bonds is 4. The minimum atomic E-state index is -0.138. The molecule has 0 spiro atoms. The van der Waals surface area contributed by atoms with E-state index in [2.05, 4.69) is 15.3 Å². The lowest BCUT2D eigenvalue weighted by Gasteiger charge is -2.21. The van der Waals surface area contributed by atoms with Crippen LogP contribution in [0.5, 0.6) is 0 Å². The zero-order valence-corrected chi connectivity index (χ0v) is 11.6. The number of nitrogens with zero attached hydrogens (tertiary/aromatic N) is 2. The topological polar surface area (TPSA) is 61.0 Å². The summed E-state index contributed by atoms with van der Waals surface area (Å²) in [7, 11) is 0. The number of benzene rings is 1. The van der Waals surface area contributed by atoms with Gasteiger partial charge in [-0.05, 0) is 32.9 Å². The quantitative estimate of drug-likeness (QED) is 0.887. The van der Waals surface area contributed by atoms with Crippen LogP contribution in [0.25, 0.3) is 11.0 Å². The van der Waals surface area contributed by atoms with Crippen LogP contribution in [0, 0.1) is 0 Å². The fourth-order valence-corrected chi connectivity index (χ4v) is 2.03. The van der Waals surface area contributed by atoms with Gasteiger partial charge >= 0.3 is 6.03 Å². The molecule has 0 aliphatic carbocycles. The average molecular weight is 260 g/mol. The molecule has 2 aromatic rings. The van der Waals surface area contributed by atoms with Crippen LogP contribution in [-0.2, 0) is 0 Å². The van der Waals surface area contributed by atoms with Crippen LogP contribution in [0.15, 0.2) is 24.3 Å². The number of H-pyrrole nitrogens is 1. The minimum absolute atomic E-state index is 0.0574. The van der Waals surface area contributed by atoms with Gasteiger partial charge in [-0.25, -0.2) is 9.78 Å². The van der Waals surface area contributed by atoms with E-state index in [0.29, 0.717) is 13.1 Å². The molecule has 0 aliphatic rings. The zero-order chi connectivity index (χ0) is 13.8. The van der Waals surface area contributed by atoms with E-state index in [1.165, 1.54) is 0 Å². The van der Waals surface area contributed by atoms with Crippen molar-refractivity contribution in [3.05, 3.63) is 30.1 Å². The second kappa shape index (κ2) is 5.73. The number of imidazole rings is 1. The van der Waals surface area contributed by atoms with Crippen LogP contribution in [0.1, 0.15) is 32.6 Å². The van der Waals surface area contributed by atoms with Gasteiger partial charge in [-0.15, -0.1) is 0 Å². The molecule has 5 heteroatoms. The van der Waals surface area contributed by atoms with E-state index >= 15 is 0 Å². The summed E-state index contributed by atoms with van der Waals surface area (Å²) < 4.78 is 0. The average Bonchev–Trinajstić information content (AvgIpc) is 2.84. The molecule has 0 aliphatic heterocycles. The van der Waals surface area contributed by atoms with E-state index in [-0.39, 0.29) is 12.1 Å². The van der Waals surface area contributed by atoms with Gasteiger partial charge in [0.25, 0.3) is 0 Å². The third-order valence-corrected chi connectivity index (χ3v) is 3.21. The zero-order valence-electron chi connectivity index (χ0n) is 11.6. The molecule has 1 heterocycles. The molecule has 1 aromatic carbocycles. The van der Waals surface area contributed by atoms with Crippen molar-refractivity contribution in [2.24, 2.45) is 0 Å². The second-order valence-corrected chi connectivity index (χ2v) is 4.48. The van der Waals surface area contributed by atoms with Gasteiger partial charge in [0, 0.05) is 13.1 Å². The summed E-state index contributed by atoms with van der Waals surface area (Å²) >= 11 is 0. The standard InChI is InChI=1S/C14H20N4O/c1-4-18(5-2)14(19)15-10(3)13-16-11-8-6-7-9-12(11)17-13/h6-10H,4-5H2,1-3H3,(H,15,19)(H,16,17). The number of amides is 2. The number of urea groups is 1. The highest BCUT2D eigenvalue weighted by Gasteiger charge is 2.16. The number of aromatic amines is 1. The van der Waals surface area contributed by atoms with E-state index in [0.717, 1.165) is 16.9 Å². The summed E-state index contributed by atoms with van der Waals surface area (Å²) in [6.07, 6.45) is 0. The Morgan fingerprint density at radius 1 is 1.37 bits per heavy atom. The Hall–Kier alpha value is -2.04. The number of hydrogen-bond donors (Lipinski definition) is 2. The lowest BCUT2D eigenvalue weighted by molar-refractivity contribution is 0.199. The first-order valence-corrected chi connectivity index (χ1v) is 6.65. The predicted molar refractivity (Wildman–Crippen MR) is 76.0 cm³/mol. The molecule has 1 aromatic heterocycles. The molecule has 0 radical (unpaired) electrons. The van der Waals surface area contributed by atoms with E-state index in [4.69, 9.17) is 0 Å². The maximum atomic E-state index is 12.0. The van der Waals surface area contributed by atoms with E-state index in [9.17, 15) is 4.79 Å². The Morgan fingerprint density at radius 3 is 2.68 bits per heavy atom. The lowest BCUT2D eigenvalue weighted by Crippen LogP contribution is -2.41. The van der Waals surface area contributed by atoms with Gasteiger partial charge in [0.2, 0.25) is 0 Å². The van der Waals surface area contributed by atoms with Gasteiger partial charge in [-0.3, -0.25) is 0 Å². The molecule has 1 atom stereocenters. The predicted octanol–water partition coefficient (Wildman–Crippen LogP) is 2.68. The van der Waals surface area contributed by atoms with Crippen molar-refractivity contribution < 1.29 is 4.79 Å². The number of fused-ring (bicyclic) bond motifs is 1. The first-order chi connectivity index (χ1) is 9.15. The molecular formula is C14H20N4O. The van der Waals surface area contributed by atoms with Crippen LogP contribution in [-0.4, -0.2) is 34.0 Å². The summed E-state index contributed by atoms with van der Waals surface area (Å²) in [5.41, 5.74) is 1.91. The summed E-state index contributed by atoms with van der Waals surface area (Å²) in [4.78, 5) is 21.4. The van der Waals surface area contributed by atoms with Crippen LogP contribution < -0.4 is 5.32 Å². The van der Waals surface area contributed by atoms with Crippen molar-refractivity contribution in [2.45, 2.75) is 26.8 Å². The molecule has 102 valence electrons. The van der Waals surface area contributed by atoms with Gasteiger partial charge < -0.3 is 15.2 Å². The highest BCUT2D eigenvalue weighted by molar-refractivity contribution is 5.76.